The van der Waals surface area contributed by atoms with E-state index in [0.717, 1.165) is 5.69 Å². The van der Waals surface area contributed by atoms with E-state index < -0.39 is 0 Å². The third-order valence-corrected chi connectivity index (χ3v) is 5.77. The lowest BCUT2D eigenvalue weighted by molar-refractivity contribution is -0.121. The van der Waals surface area contributed by atoms with Gasteiger partial charge in [0.05, 0.1) is 5.69 Å². The quantitative estimate of drug-likeness (QED) is 0.726. The van der Waals surface area contributed by atoms with Gasteiger partial charge in [0.25, 0.3) is 0 Å². The number of rotatable bonds is 6. The minimum absolute atomic E-state index is 0.0149. The number of piperidine rings is 1. The maximum Gasteiger partial charge on any atom is 0.319 e. The van der Waals surface area contributed by atoms with Crippen molar-refractivity contribution < 1.29 is 9.59 Å². The lowest BCUT2D eigenvalue weighted by atomic mass is 9.96. The fourth-order valence-electron chi connectivity index (χ4n) is 3.46. The molecule has 1 aliphatic rings. The monoisotopic (exact) mass is 417 g/mol. The number of amides is 3. The molecular formula is C19H27N7O2S. The largest absolute Gasteiger partial charge is 0.326 e. The molecule has 0 radical (unpaired) electrons. The summed E-state index contributed by atoms with van der Waals surface area (Å²) in [6.45, 7) is 6.57. The zero-order chi connectivity index (χ0) is 20.8. The van der Waals surface area contributed by atoms with Gasteiger partial charge in [-0.05, 0) is 61.6 Å². The first-order chi connectivity index (χ1) is 14.1. The van der Waals surface area contributed by atoms with Crippen LogP contribution in [0.4, 0.5) is 10.5 Å². The number of hydrogen-bond acceptors (Lipinski definition) is 6. The van der Waals surface area contributed by atoms with Crippen molar-refractivity contribution in [3.63, 3.8) is 0 Å². The molecular weight excluding hydrogens is 390 g/mol. The number of aromatic nitrogens is 4. The Hall–Kier alpha value is -2.62. The third-order valence-electron chi connectivity index (χ3n) is 5.15. The minimum atomic E-state index is -0.103. The van der Waals surface area contributed by atoms with Crippen molar-refractivity contribution in [2.24, 2.45) is 5.92 Å². The molecule has 2 aromatic rings. The van der Waals surface area contributed by atoms with E-state index in [0.29, 0.717) is 49.9 Å². The van der Waals surface area contributed by atoms with Gasteiger partial charge in [0.15, 0.2) is 0 Å². The maximum atomic E-state index is 12.7. The van der Waals surface area contributed by atoms with Gasteiger partial charge in [0.2, 0.25) is 11.1 Å². The summed E-state index contributed by atoms with van der Waals surface area (Å²) in [5.41, 5.74) is 1.49. The topological polar surface area (TPSA) is 96.2 Å². The minimum Gasteiger partial charge on any atom is -0.326 e. The van der Waals surface area contributed by atoms with Crippen molar-refractivity contribution in [1.29, 1.82) is 0 Å². The Balaban J connectivity index is 1.59. The molecule has 1 fully saturated rings. The first-order valence-corrected chi connectivity index (χ1v) is 11.1. The van der Waals surface area contributed by atoms with Crippen molar-refractivity contribution in [2.45, 2.75) is 31.8 Å². The van der Waals surface area contributed by atoms with Gasteiger partial charge in [-0.15, -0.1) is 5.10 Å². The molecule has 0 saturated carbocycles. The third kappa shape index (κ3) is 4.87. The fourth-order valence-corrected chi connectivity index (χ4v) is 3.89. The molecule has 0 bridgehead atoms. The molecule has 2 heterocycles. The molecule has 0 unspecified atom stereocenters. The van der Waals surface area contributed by atoms with E-state index in [9.17, 15) is 9.59 Å². The summed E-state index contributed by atoms with van der Waals surface area (Å²) in [6, 6.07) is 7.52. The zero-order valence-electron chi connectivity index (χ0n) is 17.0. The van der Waals surface area contributed by atoms with Gasteiger partial charge in [0, 0.05) is 37.8 Å². The van der Waals surface area contributed by atoms with Gasteiger partial charge in [-0.25, -0.2) is 4.79 Å². The summed E-state index contributed by atoms with van der Waals surface area (Å²) in [4.78, 5) is 28.9. The number of carbonyl (C=O) groups excluding carboxylic acids is 2. The van der Waals surface area contributed by atoms with Crippen LogP contribution in [0.3, 0.4) is 0 Å². The highest BCUT2D eigenvalue weighted by molar-refractivity contribution is 7.98. The smallest absolute Gasteiger partial charge is 0.319 e. The van der Waals surface area contributed by atoms with Crippen LogP contribution in [0.15, 0.2) is 29.4 Å². The number of tetrazole rings is 1. The van der Waals surface area contributed by atoms with Crippen LogP contribution in [0.2, 0.25) is 0 Å². The normalized spacial score (nSPS) is 14.7. The number of urea groups is 1. The Morgan fingerprint density at radius 3 is 2.62 bits per heavy atom. The molecule has 10 heteroatoms. The SMILES string of the molecule is CCN(CC)C(=O)N1CCC(C(=O)Nc2cccc(-n3nnnc3SC)c2)CC1. The standard InChI is InChI=1S/C19H27N7O2S/c1-4-24(5-2)19(28)25-11-9-14(10-12-25)17(27)20-15-7-6-8-16(13-15)26-18(29-3)21-22-23-26/h6-8,13-14H,4-5,9-12H2,1-3H3,(H,20,27). The van der Waals surface area contributed by atoms with E-state index in [1.165, 1.54) is 11.8 Å². The highest BCUT2D eigenvalue weighted by Gasteiger charge is 2.29. The summed E-state index contributed by atoms with van der Waals surface area (Å²) >= 11 is 1.45. The predicted octanol–water partition coefficient (Wildman–Crippen LogP) is 2.50. The van der Waals surface area contributed by atoms with Gasteiger partial charge in [0.1, 0.15) is 0 Å². The van der Waals surface area contributed by atoms with Crippen molar-refractivity contribution in [1.82, 2.24) is 30.0 Å². The average Bonchev–Trinajstić information content (AvgIpc) is 3.24. The molecule has 3 amide bonds. The number of benzene rings is 1. The summed E-state index contributed by atoms with van der Waals surface area (Å²) in [7, 11) is 0. The van der Waals surface area contributed by atoms with Crippen LogP contribution in [0.25, 0.3) is 5.69 Å². The average molecular weight is 418 g/mol. The van der Waals surface area contributed by atoms with E-state index in [1.807, 2.05) is 54.2 Å². The Kier molecular flexibility index (Phi) is 7.08. The van der Waals surface area contributed by atoms with Gasteiger partial charge in [-0.2, -0.15) is 4.68 Å². The van der Waals surface area contributed by atoms with Gasteiger partial charge >= 0.3 is 6.03 Å². The van der Waals surface area contributed by atoms with Crippen molar-refractivity contribution >= 4 is 29.4 Å². The molecule has 156 valence electrons. The van der Waals surface area contributed by atoms with E-state index in [-0.39, 0.29) is 17.9 Å². The summed E-state index contributed by atoms with van der Waals surface area (Å²) in [5, 5.41) is 15.3. The van der Waals surface area contributed by atoms with E-state index >= 15 is 0 Å². The Bertz CT molecular complexity index is 845. The molecule has 0 spiro atoms. The first-order valence-electron chi connectivity index (χ1n) is 9.84. The van der Waals surface area contributed by atoms with E-state index in [1.54, 1.807) is 4.68 Å². The zero-order valence-corrected chi connectivity index (χ0v) is 17.9. The van der Waals surface area contributed by atoms with Crippen LogP contribution < -0.4 is 5.32 Å². The Labute approximate surface area is 174 Å². The summed E-state index contributed by atoms with van der Waals surface area (Å²) < 4.78 is 1.64. The second kappa shape index (κ2) is 9.73. The number of nitrogens with one attached hydrogen (secondary N) is 1. The molecule has 1 aromatic heterocycles. The van der Waals surface area contributed by atoms with Crippen LogP contribution >= 0.6 is 11.8 Å². The molecule has 0 atom stereocenters. The van der Waals surface area contributed by atoms with Crippen LogP contribution in [-0.4, -0.2) is 74.4 Å². The van der Waals surface area contributed by atoms with Crippen LogP contribution in [0.1, 0.15) is 26.7 Å². The molecule has 3 rings (SSSR count). The summed E-state index contributed by atoms with van der Waals surface area (Å²) in [6.07, 6.45) is 3.25. The highest BCUT2D eigenvalue weighted by atomic mass is 32.2. The molecule has 1 aliphatic heterocycles. The number of hydrogen-bond donors (Lipinski definition) is 1. The fraction of sp³-hybridized carbons (Fsp3) is 0.526. The number of nitrogens with zero attached hydrogens (tertiary/aromatic N) is 6. The van der Waals surface area contributed by atoms with Gasteiger partial charge in [-0.1, -0.05) is 17.8 Å². The lowest BCUT2D eigenvalue weighted by Crippen LogP contribution is -2.47. The van der Waals surface area contributed by atoms with Crippen molar-refractivity contribution in [3.05, 3.63) is 24.3 Å². The van der Waals surface area contributed by atoms with E-state index in [2.05, 4.69) is 20.8 Å². The van der Waals surface area contributed by atoms with Crippen molar-refractivity contribution in [3.8, 4) is 5.69 Å². The van der Waals surface area contributed by atoms with Crippen LogP contribution in [0, 0.1) is 5.92 Å². The molecule has 1 saturated heterocycles. The summed E-state index contributed by atoms with van der Waals surface area (Å²) in [5.74, 6) is -0.118. The maximum absolute atomic E-state index is 12.7. The molecule has 29 heavy (non-hydrogen) atoms. The van der Waals surface area contributed by atoms with Crippen molar-refractivity contribution in [2.75, 3.05) is 37.8 Å². The molecule has 1 aromatic carbocycles. The van der Waals surface area contributed by atoms with Gasteiger partial charge in [-0.3, -0.25) is 4.79 Å². The first kappa shape index (κ1) is 21.1. The number of thioether (sulfide) groups is 1. The number of anilines is 1. The molecule has 1 N–H and O–H groups in total. The number of likely N-dealkylation sites (tertiary alicyclic amines) is 1. The van der Waals surface area contributed by atoms with Crippen LogP contribution in [0.5, 0.6) is 0 Å². The second-order valence-electron chi connectivity index (χ2n) is 6.83. The molecule has 9 nitrogen and oxygen atoms in total. The second-order valence-corrected chi connectivity index (χ2v) is 7.61. The highest BCUT2D eigenvalue weighted by Crippen LogP contribution is 2.22. The predicted molar refractivity (Wildman–Crippen MR) is 112 cm³/mol. The van der Waals surface area contributed by atoms with Gasteiger partial charge < -0.3 is 15.1 Å². The number of carbonyl (C=O) groups is 2. The molecule has 0 aliphatic carbocycles. The van der Waals surface area contributed by atoms with E-state index in [4.69, 9.17) is 0 Å². The lowest BCUT2D eigenvalue weighted by Gasteiger charge is -2.34. The Morgan fingerprint density at radius 2 is 1.97 bits per heavy atom. The Morgan fingerprint density at radius 1 is 1.24 bits per heavy atom. The van der Waals surface area contributed by atoms with Crippen LogP contribution in [-0.2, 0) is 4.79 Å².